The summed E-state index contributed by atoms with van der Waals surface area (Å²) in [5.41, 5.74) is 3.30. The monoisotopic (exact) mass is 750 g/mol. The van der Waals surface area contributed by atoms with Gasteiger partial charge in [-0.1, -0.05) is 48.5 Å². The number of aliphatic hydroxyl groups excluding tert-OH is 2. The zero-order valence-corrected chi connectivity index (χ0v) is 30.8. The Morgan fingerprint density at radius 1 is 0.574 bits per heavy atom. The molecule has 0 amide bonds. The lowest BCUT2D eigenvalue weighted by Crippen LogP contribution is -2.23. The van der Waals surface area contributed by atoms with Crippen LogP contribution >= 0.6 is 0 Å². The topological polar surface area (TPSA) is 216 Å². The predicted molar refractivity (Wildman–Crippen MR) is 203 cm³/mol. The van der Waals surface area contributed by atoms with Crippen molar-refractivity contribution in [2.24, 2.45) is 0 Å². The fraction of sp³-hybridized carbons (Fsp3) is 0.300. The Bertz CT molecular complexity index is 1640. The standard InChI is InChI=1S/2C18H23NO4.C4H4O4/c2*1-22-17-8-7-13(11-18(17)23-2)9-10-19-12-16(21)14-5-3-4-6-15(14)20;5-3(6)1-2-4(7)8/h2*3-8,11,16,19-21H,9-10,12H2,1-2H3;1-2H,(H,5,6)(H,7,8)/b;;2-1+. The number of hydrogen-bond donors (Lipinski definition) is 8. The lowest BCUT2D eigenvalue weighted by atomic mass is 10.1. The van der Waals surface area contributed by atoms with E-state index in [0.29, 0.717) is 72.5 Å². The minimum absolute atomic E-state index is 0.113. The van der Waals surface area contributed by atoms with E-state index < -0.39 is 24.1 Å². The van der Waals surface area contributed by atoms with Gasteiger partial charge in [-0.2, -0.15) is 0 Å². The molecule has 14 nitrogen and oxygen atoms in total. The van der Waals surface area contributed by atoms with Crippen LogP contribution < -0.4 is 29.6 Å². The number of benzene rings is 4. The van der Waals surface area contributed by atoms with E-state index in [1.54, 1.807) is 77.0 Å². The maximum atomic E-state index is 10.1. The molecular weight excluding hydrogens is 700 g/mol. The molecule has 4 aromatic rings. The molecule has 8 N–H and O–H groups in total. The average molecular weight is 751 g/mol. The molecule has 54 heavy (non-hydrogen) atoms. The second-order valence-electron chi connectivity index (χ2n) is 11.4. The van der Waals surface area contributed by atoms with Crippen molar-refractivity contribution in [1.29, 1.82) is 0 Å². The second-order valence-corrected chi connectivity index (χ2v) is 11.4. The van der Waals surface area contributed by atoms with E-state index in [0.717, 1.165) is 24.0 Å². The van der Waals surface area contributed by atoms with E-state index in [-0.39, 0.29) is 11.5 Å². The predicted octanol–water partition coefficient (Wildman–Crippen LogP) is 4.26. The molecular formula is C40H50N2O12. The van der Waals surface area contributed by atoms with Gasteiger partial charge in [0, 0.05) is 36.4 Å². The number of rotatable bonds is 18. The van der Waals surface area contributed by atoms with Crippen LogP contribution in [0.4, 0.5) is 0 Å². The molecule has 2 atom stereocenters. The molecule has 0 bridgehead atoms. The summed E-state index contributed by atoms with van der Waals surface area (Å²) in [7, 11) is 6.45. The Balaban J connectivity index is 0.000000312. The van der Waals surface area contributed by atoms with Crippen molar-refractivity contribution < 1.29 is 59.2 Å². The third kappa shape index (κ3) is 15.8. The number of phenolic OH excluding ortho intramolecular Hbond substituents is 2. The molecule has 0 spiro atoms. The van der Waals surface area contributed by atoms with Gasteiger partial charge < -0.3 is 60.2 Å². The lowest BCUT2D eigenvalue weighted by molar-refractivity contribution is -0.134. The summed E-state index contributed by atoms with van der Waals surface area (Å²) in [5, 5.41) is 61.6. The van der Waals surface area contributed by atoms with Gasteiger partial charge in [-0.3, -0.25) is 0 Å². The molecule has 2 unspecified atom stereocenters. The molecule has 14 heteroatoms. The summed E-state index contributed by atoms with van der Waals surface area (Å²) >= 11 is 0. The molecule has 0 saturated carbocycles. The van der Waals surface area contributed by atoms with Crippen molar-refractivity contribution in [3.8, 4) is 34.5 Å². The number of nitrogens with one attached hydrogen (secondary N) is 2. The molecule has 0 heterocycles. The number of ether oxygens (including phenoxy) is 4. The van der Waals surface area contributed by atoms with Gasteiger partial charge in [-0.05, 0) is 73.5 Å². The molecule has 0 aliphatic heterocycles. The molecule has 4 rings (SSSR count). The zero-order chi connectivity index (χ0) is 39.9. The number of carbonyl (C=O) groups is 2. The smallest absolute Gasteiger partial charge is 0.328 e. The van der Waals surface area contributed by atoms with E-state index in [4.69, 9.17) is 29.2 Å². The summed E-state index contributed by atoms with van der Waals surface area (Å²) in [6.07, 6.45) is 1.25. The third-order valence-corrected chi connectivity index (χ3v) is 7.71. The number of hydrogen-bond acceptors (Lipinski definition) is 12. The van der Waals surface area contributed by atoms with E-state index >= 15 is 0 Å². The number of aliphatic hydroxyl groups is 2. The van der Waals surface area contributed by atoms with Crippen LogP contribution in [0.1, 0.15) is 34.5 Å². The fourth-order valence-corrected chi connectivity index (χ4v) is 4.92. The first-order valence-corrected chi connectivity index (χ1v) is 16.8. The molecule has 0 fully saturated rings. The van der Waals surface area contributed by atoms with Gasteiger partial charge >= 0.3 is 11.9 Å². The quantitative estimate of drug-likeness (QED) is 0.0527. The second kappa shape index (κ2) is 24.4. The highest BCUT2D eigenvalue weighted by atomic mass is 16.5. The lowest BCUT2D eigenvalue weighted by Gasteiger charge is -2.14. The first-order chi connectivity index (χ1) is 25.9. The summed E-state index contributed by atoms with van der Waals surface area (Å²) in [4.78, 5) is 19.1. The number of para-hydroxylation sites is 2. The Hall–Kier alpha value is -5.80. The number of aromatic hydroxyl groups is 2. The normalized spacial score (nSPS) is 11.6. The minimum Gasteiger partial charge on any atom is -0.508 e. The van der Waals surface area contributed by atoms with Crippen LogP contribution in [0, 0.1) is 0 Å². The van der Waals surface area contributed by atoms with Gasteiger partial charge in [0.25, 0.3) is 0 Å². The van der Waals surface area contributed by atoms with Crippen molar-refractivity contribution in [2.45, 2.75) is 25.0 Å². The molecule has 4 aromatic carbocycles. The zero-order valence-electron chi connectivity index (χ0n) is 30.8. The molecule has 0 radical (unpaired) electrons. The highest BCUT2D eigenvalue weighted by Gasteiger charge is 2.12. The Morgan fingerprint density at radius 2 is 0.926 bits per heavy atom. The van der Waals surface area contributed by atoms with Crippen LogP contribution in [-0.2, 0) is 22.4 Å². The fourth-order valence-electron chi connectivity index (χ4n) is 4.92. The number of carboxylic acids is 2. The maximum absolute atomic E-state index is 10.1. The van der Waals surface area contributed by atoms with Gasteiger partial charge in [0.2, 0.25) is 0 Å². The van der Waals surface area contributed by atoms with Crippen LogP contribution in [0.2, 0.25) is 0 Å². The van der Waals surface area contributed by atoms with Crippen molar-refractivity contribution in [2.75, 3.05) is 54.6 Å². The number of methoxy groups -OCH3 is 4. The van der Waals surface area contributed by atoms with Crippen LogP contribution in [-0.4, -0.2) is 97.2 Å². The van der Waals surface area contributed by atoms with Crippen molar-refractivity contribution in [1.82, 2.24) is 10.6 Å². The van der Waals surface area contributed by atoms with Gasteiger partial charge in [0.05, 0.1) is 40.6 Å². The maximum Gasteiger partial charge on any atom is 0.328 e. The summed E-state index contributed by atoms with van der Waals surface area (Å²) < 4.78 is 21.0. The highest BCUT2D eigenvalue weighted by molar-refractivity contribution is 5.89. The van der Waals surface area contributed by atoms with Crippen molar-refractivity contribution in [3.63, 3.8) is 0 Å². The van der Waals surface area contributed by atoms with E-state index in [1.165, 1.54) is 0 Å². The summed E-state index contributed by atoms with van der Waals surface area (Å²) in [6.45, 7) is 2.18. The molecule has 0 aliphatic rings. The van der Waals surface area contributed by atoms with E-state index in [2.05, 4.69) is 10.6 Å². The first kappa shape index (κ1) is 44.4. The van der Waals surface area contributed by atoms with E-state index in [9.17, 15) is 30.0 Å². The Labute approximate surface area is 314 Å². The van der Waals surface area contributed by atoms with Crippen molar-refractivity contribution in [3.05, 3.63) is 119 Å². The van der Waals surface area contributed by atoms with Crippen LogP contribution in [0.15, 0.2) is 97.1 Å². The van der Waals surface area contributed by atoms with Crippen LogP contribution in [0.25, 0.3) is 0 Å². The first-order valence-electron chi connectivity index (χ1n) is 16.8. The van der Waals surface area contributed by atoms with Gasteiger partial charge in [0.15, 0.2) is 23.0 Å². The van der Waals surface area contributed by atoms with Gasteiger partial charge in [0.1, 0.15) is 11.5 Å². The van der Waals surface area contributed by atoms with Crippen molar-refractivity contribution >= 4 is 11.9 Å². The Kier molecular flexibility index (Phi) is 20.1. The van der Waals surface area contributed by atoms with Gasteiger partial charge in [-0.25, -0.2) is 9.59 Å². The largest absolute Gasteiger partial charge is 0.508 e. The number of phenols is 2. The third-order valence-electron chi connectivity index (χ3n) is 7.71. The van der Waals surface area contributed by atoms with Crippen LogP contribution in [0.5, 0.6) is 34.5 Å². The minimum atomic E-state index is -1.26. The number of aliphatic carboxylic acids is 2. The van der Waals surface area contributed by atoms with E-state index in [1.807, 2.05) is 36.4 Å². The number of carboxylic acid groups (broad SMARTS) is 2. The molecule has 0 aliphatic carbocycles. The highest BCUT2D eigenvalue weighted by Crippen LogP contribution is 2.29. The molecule has 0 aromatic heterocycles. The molecule has 292 valence electrons. The average Bonchev–Trinajstić information content (AvgIpc) is 3.17. The van der Waals surface area contributed by atoms with Crippen LogP contribution in [0.3, 0.4) is 0 Å². The Morgan fingerprint density at radius 3 is 1.24 bits per heavy atom. The summed E-state index contributed by atoms with van der Waals surface area (Å²) in [6, 6.07) is 25.3. The van der Waals surface area contributed by atoms with Gasteiger partial charge in [-0.15, -0.1) is 0 Å². The molecule has 0 saturated heterocycles. The summed E-state index contributed by atoms with van der Waals surface area (Å²) in [5.74, 6) is 0.542. The SMILES string of the molecule is COc1ccc(CCNCC(O)c2ccccc2O)cc1OC.COc1ccc(CCNCC(O)c2ccccc2O)cc1OC.O=C(O)/C=C/C(=O)O.